The van der Waals surface area contributed by atoms with Crippen LogP contribution in [0.3, 0.4) is 0 Å². The molecule has 0 saturated carbocycles. The van der Waals surface area contributed by atoms with Gasteiger partial charge in [-0.2, -0.15) is 0 Å². The molecule has 6 heteroatoms. The summed E-state index contributed by atoms with van der Waals surface area (Å²) in [5.74, 6) is -0.284. The summed E-state index contributed by atoms with van der Waals surface area (Å²) in [6.07, 6.45) is 1.23. The average Bonchev–Trinajstić information content (AvgIpc) is 1.97. The number of halogens is 2. The van der Waals surface area contributed by atoms with Gasteiger partial charge in [0.25, 0.3) is 0 Å². The zero-order chi connectivity index (χ0) is 9.35. The van der Waals surface area contributed by atoms with E-state index < -0.39 is 5.66 Å². The fourth-order valence-corrected chi connectivity index (χ4v) is 0.961. The van der Waals surface area contributed by atoms with Crippen LogP contribution in [0.4, 0.5) is 0 Å². The SMILES string of the molecule is CC(=O)C1(N)C=NC(Cl)=C(Cl)N1. The summed E-state index contributed by atoms with van der Waals surface area (Å²) < 4.78 is 0. The van der Waals surface area contributed by atoms with E-state index in [0.29, 0.717) is 0 Å². The third-order valence-corrected chi connectivity index (χ3v) is 2.12. The van der Waals surface area contributed by atoms with Crippen molar-refractivity contribution < 1.29 is 4.79 Å². The van der Waals surface area contributed by atoms with Gasteiger partial charge >= 0.3 is 0 Å². The third kappa shape index (κ3) is 1.60. The first-order valence-electron chi connectivity index (χ1n) is 3.14. The highest BCUT2D eigenvalue weighted by molar-refractivity contribution is 6.39. The lowest BCUT2D eigenvalue weighted by Gasteiger charge is -2.26. The van der Waals surface area contributed by atoms with Crippen molar-refractivity contribution >= 4 is 35.2 Å². The van der Waals surface area contributed by atoms with Crippen molar-refractivity contribution in [3.8, 4) is 0 Å². The van der Waals surface area contributed by atoms with Crippen LogP contribution in [-0.2, 0) is 4.79 Å². The highest BCUT2D eigenvalue weighted by atomic mass is 35.5. The number of hydrogen-bond donors (Lipinski definition) is 2. The van der Waals surface area contributed by atoms with Crippen molar-refractivity contribution in [2.45, 2.75) is 12.6 Å². The quantitative estimate of drug-likeness (QED) is 0.617. The lowest BCUT2D eigenvalue weighted by atomic mass is 10.1. The van der Waals surface area contributed by atoms with E-state index in [-0.39, 0.29) is 16.1 Å². The highest BCUT2D eigenvalue weighted by Crippen LogP contribution is 2.18. The summed E-state index contributed by atoms with van der Waals surface area (Å²) >= 11 is 11.1. The van der Waals surface area contributed by atoms with Gasteiger partial charge in [-0.05, 0) is 6.92 Å². The molecule has 1 rings (SSSR count). The molecular weight excluding hydrogens is 201 g/mol. The van der Waals surface area contributed by atoms with Crippen molar-refractivity contribution in [3.05, 3.63) is 10.3 Å². The molecule has 0 aliphatic carbocycles. The van der Waals surface area contributed by atoms with E-state index in [1.165, 1.54) is 13.1 Å². The fourth-order valence-electron chi connectivity index (χ4n) is 0.660. The fraction of sp³-hybridized carbons (Fsp3) is 0.333. The Bertz CT molecular complexity index is 287. The molecule has 1 aliphatic heterocycles. The number of ketones is 1. The molecule has 0 radical (unpaired) electrons. The minimum Gasteiger partial charge on any atom is -0.345 e. The van der Waals surface area contributed by atoms with Gasteiger partial charge in [-0.25, -0.2) is 4.99 Å². The number of carbonyl (C=O) groups is 1. The molecule has 0 bridgehead atoms. The minimum atomic E-state index is -1.32. The summed E-state index contributed by atoms with van der Waals surface area (Å²) in [6, 6.07) is 0. The van der Waals surface area contributed by atoms with Crippen molar-refractivity contribution in [1.29, 1.82) is 0 Å². The Morgan fingerprint density at radius 3 is 2.75 bits per heavy atom. The van der Waals surface area contributed by atoms with Gasteiger partial charge in [0, 0.05) is 0 Å². The van der Waals surface area contributed by atoms with Crippen LogP contribution in [-0.4, -0.2) is 17.7 Å². The first kappa shape index (κ1) is 9.51. The molecule has 3 N–H and O–H groups in total. The number of nitrogens with zero attached hydrogens (tertiary/aromatic N) is 1. The van der Waals surface area contributed by atoms with E-state index in [1.54, 1.807) is 0 Å². The number of rotatable bonds is 1. The van der Waals surface area contributed by atoms with Crippen LogP contribution in [0.15, 0.2) is 15.3 Å². The number of nitrogens with two attached hydrogens (primary N) is 1. The Morgan fingerprint density at radius 1 is 1.75 bits per heavy atom. The number of nitrogens with one attached hydrogen (secondary N) is 1. The number of Topliss-reactive ketones (excluding diaryl/α,β-unsaturated/α-hetero) is 1. The van der Waals surface area contributed by atoms with E-state index in [2.05, 4.69) is 10.3 Å². The normalized spacial score (nSPS) is 28.7. The molecule has 4 nitrogen and oxygen atoms in total. The Morgan fingerprint density at radius 2 is 2.33 bits per heavy atom. The van der Waals surface area contributed by atoms with Crippen LogP contribution in [0.5, 0.6) is 0 Å². The molecule has 0 spiro atoms. The monoisotopic (exact) mass is 207 g/mol. The number of aliphatic imine (C=N–C) groups is 1. The van der Waals surface area contributed by atoms with Crippen LogP contribution in [0, 0.1) is 0 Å². The maximum atomic E-state index is 11.0. The maximum absolute atomic E-state index is 11.0. The smallest absolute Gasteiger partial charge is 0.183 e. The molecule has 1 unspecified atom stereocenters. The minimum absolute atomic E-state index is 0.0804. The van der Waals surface area contributed by atoms with E-state index >= 15 is 0 Å². The Balaban J connectivity index is 2.94. The summed E-state index contributed by atoms with van der Waals surface area (Å²) in [5.41, 5.74) is 4.24. The number of carbonyl (C=O) groups excluding carboxylic acids is 1. The second-order valence-corrected chi connectivity index (χ2v) is 3.15. The topological polar surface area (TPSA) is 67.5 Å². The van der Waals surface area contributed by atoms with E-state index in [0.717, 1.165) is 0 Å². The van der Waals surface area contributed by atoms with Gasteiger partial charge < -0.3 is 5.32 Å². The van der Waals surface area contributed by atoms with Crippen LogP contribution in [0.25, 0.3) is 0 Å². The van der Waals surface area contributed by atoms with Crippen LogP contribution >= 0.6 is 23.2 Å². The second kappa shape index (κ2) is 3.05. The van der Waals surface area contributed by atoms with Crippen LogP contribution in [0.1, 0.15) is 6.92 Å². The molecule has 0 saturated heterocycles. The van der Waals surface area contributed by atoms with Gasteiger partial charge in [-0.15, -0.1) is 0 Å². The van der Waals surface area contributed by atoms with E-state index in [4.69, 9.17) is 28.9 Å². The Hall–Kier alpha value is -0.580. The molecule has 0 fully saturated rings. The van der Waals surface area contributed by atoms with Crippen molar-refractivity contribution in [3.63, 3.8) is 0 Å². The molecule has 0 amide bonds. The molecule has 1 atom stereocenters. The van der Waals surface area contributed by atoms with Gasteiger partial charge in [0.1, 0.15) is 5.16 Å². The Labute approximate surface area is 79.4 Å². The van der Waals surface area contributed by atoms with E-state index in [1.807, 2.05) is 0 Å². The zero-order valence-corrected chi connectivity index (χ0v) is 7.78. The number of hydrogen-bond acceptors (Lipinski definition) is 4. The molecule has 1 heterocycles. The van der Waals surface area contributed by atoms with Gasteiger partial charge in [0.05, 0.1) is 6.21 Å². The molecule has 66 valence electrons. The molecule has 0 aromatic rings. The second-order valence-electron chi connectivity index (χ2n) is 2.41. The van der Waals surface area contributed by atoms with Crippen LogP contribution < -0.4 is 11.1 Å². The predicted octanol–water partition coefficient (Wildman–Crippen LogP) is 0.509. The van der Waals surface area contributed by atoms with Crippen molar-refractivity contribution in [2.75, 3.05) is 0 Å². The lowest BCUT2D eigenvalue weighted by molar-refractivity contribution is -0.120. The summed E-state index contributed by atoms with van der Waals surface area (Å²) in [4.78, 5) is 14.6. The summed E-state index contributed by atoms with van der Waals surface area (Å²) in [7, 11) is 0. The molecule has 12 heavy (non-hydrogen) atoms. The van der Waals surface area contributed by atoms with E-state index in [9.17, 15) is 4.79 Å². The van der Waals surface area contributed by atoms with Gasteiger partial charge in [-0.3, -0.25) is 10.5 Å². The average molecular weight is 208 g/mol. The van der Waals surface area contributed by atoms with Gasteiger partial charge in [0.2, 0.25) is 0 Å². The lowest BCUT2D eigenvalue weighted by Crippen LogP contribution is -2.60. The largest absolute Gasteiger partial charge is 0.345 e. The van der Waals surface area contributed by atoms with Crippen molar-refractivity contribution in [1.82, 2.24) is 5.32 Å². The van der Waals surface area contributed by atoms with Crippen LogP contribution in [0.2, 0.25) is 0 Å². The third-order valence-electron chi connectivity index (χ3n) is 1.46. The summed E-state index contributed by atoms with van der Waals surface area (Å²) in [6.45, 7) is 1.34. The first-order valence-corrected chi connectivity index (χ1v) is 3.90. The predicted molar refractivity (Wildman–Crippen MR) is 48.0 cm³/mol. The molecule has 0 aromatic carbocycles. The van der Waals surface area contributed by atoms with Crippen molar-refractivity contribution in [2.24, 2.45) is 10.7 Å². The molecular formula is C6H7Cl2N3O. The van der Waals surface area contributed by atoms with Gasteiger partial charge in [-0.1, -0.05) is 23.2 Å². The standard InChI is InChI=1S/C6H7Cl2N3O/c1-3(12)6(9)2-10-4(7)5(8)11-6/h2,11H,9H2,1H3. The zero-order valence-electron chi connectivity index (χ0n) is 6.27. The highest BCUT2D eigenvalue weighted by Gasteiger charge is 2.32. The summed E-state index contributed by atoms with van der Waals surface area (Å²) in [5, 5.41) is 2.71. The maximum Gasteiger partial charge on any atom is 0.183 e. The Kier molecular flexibility index (Phi) is 2.41. The molecule has 1 aliphatic rings. The first-order chi connectivity index (χ1) is 5.46. The van der Waals surface area contributed by atoms with Gasteiger partial charge in [0.15, 0.2) is 16.6 Å². The molecule has 0 aromatic heterocycles.